The Morgan fingerprint density at radius 2 is 1.79 bits per heavy atom. The maximum atomic E-state index is 13.0. The number of thioether (sulfide) groups is 1. The number of nitrogens with one attached hydrogen (secondary N) is 1. The van der Waals surface area contributed by atoms with Crippen molar-refractivity contribution < 1.29 is 9.18 Å². The van der Waals surface area contributed by atoms with Gasteiger partial charge in [0.15, 0.2) is 5.17 Å². The van der Waals surface area contributed by atoms with E-state index < -0.39 is 0 Å². The average Bonchev–Trinajstić information content (AvgIpc) is 3.26. The zero-order chi connectivity index (χ0) is 19.5. The Balaban J connectivity index is 1.47. The minimum absolute atomic E-state index is 0.189. The van der Waals surface area contributed by atoms with Crippen molar-refractivity contribution in [3.05, 3.63) is 81.3 Å². The predicted octanol–water partition coefficient (Wildman–Crippen LogP) is 6.58. The molecule has 3 aromatic rings. The highest BCUT2D eigenvalue weighted by Crippen LogP contribution is 2.36. The molecular weight excluding hydrogens is 435 g/mol. The van der Waals surface area contributed by atoms with Crippen molar-refractivity contribution in [3.63, 3.8) is 0 Å². The van der Waals surface area contributed by atoms with Crippen molar-refractivity contribution in [2.75, 3.05) is 0 Å². The summed E-state index contributed by atoms with van der Waals surface area (Å²) in [5, 5.41) is 3.93. The van der Waals surface area contributed by atoms with Gasteiger partial charge < -0.3 is 5.32 Å². The van der Waals surface area contributed by atoms with Crippen LogP contribution in [0, 0.1) is 5.82 Å². The molecule has 2 aromatic carbocycles. The van der Waals surface area contributed by atoms with Gasteiger partial charge >= 0.3 is 0 Å². The third-order valence-corrected chi connectivity index (χ3v) is 6.95. The van der Waals surface area contributed by atoms with E-state index in [0.29, 0.717) is 20.8 Å². The fourth-order valence-electron chi connectivity index (χ4n) is 2.33. The van der Waals surface area contributed by atoms with Gasteiger partial charge in [-0.15, -0.1) is 11.3 Å². The van der Waals surface area contributed by atoms with Crippen LogP contribution in [0.15, 0.2) is 79.7 Å². The lowest BCUT2D eigenvalue weighted by atomic mass is 10.3. The molecule has 0 bridgehead atoms. The lowest BCUT2D eigenvalue weighted by Crippen LogP contribution is -2.19. The number of nitrogens with zero attached hydrogens (tertiary/aromatic N) is 1. The summed E-state index contributed by atoms with van der Waals surface area (Å²) in [5.41, 5.74) is 0.586. The van der Waals surface area contributed by atoms with Gasteiger partial charge in [0.25, 0.3) is 5.91 Å². The molecule has 0 saturated carbocycles. The summed E-state index contributed by atoms with van der Waals surface area (Å²) < 4.78 is 14.1. The number of aliphatic imine (C=N–C) groups is 1. The molecule has 1 aromatic heterocycles. The van der Waals surface area contributed by atoms with E-state index in [1.165, 1.54) is 23.9 Å². The van der Waals surface area contributed by atoms with E-state index in [2.05, 4.69) is 10.3 Å². The molecule has 0 spiro atoms. The standard InChI is InChI=1S/C20H12ClFN2OS3/c21-12-1-7-15(8-2-12)26-18-10-9-16(27-18)11-17-19(25)24-20(28-17)23-14-5-3-13(22)4-6-14/h1-11H,(H,23,24,25). The Morgan fingerprint density at radius 1 is 1.04 bits per heavy atom. The number of carbonyl (C=O) groups is 1. The van der Waals surface area contributed by atoms with E-state index in [-0.39, 0.29) is 11.7 Å². The lowest BCUT2D eigenvalue weighted by molar-refractivity contribution is -0.115. The van der Waals surface area contributed by atoms with Crippen LogP contribution in [-0.4, -0.2) is 11.1 Å². The summed E-state index contributed by atoms with van der Waals surface area (Å²) in [5.74, 6) is -0.510. The molecular formula is C20H12ClFN2OS3. The third kappa shape index (κ3) is 4.86. The number of rotatable bonds is 4. The van der Waals surface area contributed by atoms with Crippen molar-refractivity contribution in [3.8, 4) is 0 Å². The number of thiophene rings is 1. The SMILES string of the molecule is O=C1NC(=Nc2ccc(F)cc2)SC1=Cc1ccc(Sc2ccc(Cl)cc2)s1. The second kappa shape index (κ2) is 8.53. The summed E-state index contributed by atoms with van der Waals surface area (Å²) >= 11 is 10.4. The van der Waals surface area contributed by atoms with Crippen LogP contribution in [0.4, 0.5) is 10.1 Å². The van der Waals surface area contributed by atoms with Crippen molar-refractivity contribution in [1.82, 2.24) is 5.32 Å². The van der Waals surface area contributed by atoms with Crippen LogP contribution < -0.4 is 5.32 Å². The van der Waals surface area contributed by atoms with E-state index >= 15 is 0 Å². The molecule has 140 valence electrons. The molecule has 0 atom stereocenters. The van der Waals surface area contributed by atoms with Crippen molar-refractivity contribution in [1.29, 1.82) is 0 Å². The van der Waals surface area contributed by atoms with Gasteiger partial charge in [0.05, 0.1) is 14.8 Å². The summed E-state index contributed by atoms with van der Waals surface area (Å²) in [4.78, 5) is 19.2. The first-order valence-corrected chi connectivity index (χ1v) is 11.0. The maximum absolute atomic E-state index is 13.0. The molecule has 0 radical (unpaired) electrons. The number of carbonyl (C=O) groups excluding carboxylic acids is 1. The molecule has 1 N–H and O–H groups in total. The Bertz CT molecular complexity index is 1080. The fraction of sp³-hybridized carbons (Fsp3) is 0. The Labute approximate surface area is 178 Å². The Kier molecular flexibility index (Phi) is 5.87. The molecule has 1 amide bonds. The largest absolute Gasteiger partial charge is 0.300 e. The molecule has 1 saturated heterocycles. The molecule has 28 heavy (non-hydrogen) atoms. The zero-order valence-electron chi connectivity index (χ0n) is 14.2. The Hall–Kier alpha value is -2.06. The third-order valence-electron chi connectivity index (χ3n) is 3.62. The molecule has 1 fully saturated rings. The van der Waals surface area contributed by atoms with Crippen molar-refractivity contribution >= 4 is 69.3 Å². The lowest BCUT2D eigenvalue weighted by Gasteiger charge is -1.97. The van der Waals surface area contributed by atoms with E-state index in [9.17, 15) is 9.18 Å². The van der Waals surface area contributed by atoms with Crippen molar-refractivity contribution in [2.45, 2.75) is 9.10 Å². The Morgan fingerprint density at radius 3 is 2.54 bits per heavy atom. The van der Waals surface area contributed by atoms with Gasteiger partial charge in [0.2, 0.25) is 0 Å². The van der Waals surface area contributed by atoms with Gasteiger partial charge in [-0.25, -0.2) is 9.38 Å². The summed E-state index contributed by atoms with van der Waals surface area (Å²) in [6.45, 7) is 0. The summed E-state index contributed by atoms with van der Waals surface area (Å²) in [6.07, 6.45) is 1.85. The van der Waals surface area contributed by atoms with Crippen LogP contribution in [0.1, 0.15) is 4.88 Å². The number of hydrogen-bond acceptors (Lipinski definition) is 5. The smallest absolute Gasteiger partial charge is 0.264 e. The number of amidine groups is 1. The maximum Gasteiger partial charge on any atom is 0.264 e. The number of amides is 1. The summed E-state index contributed by atoms with van der Waals surface area (Å²) in [7, 11) is 0. The second-order valence-corrected chi connectivity index (χ2v) is 9.63. The van der Waals surface area contributed by atoms with Gasteiger partial charge in [-0.1, -0.05) is 23.4 Å². The zero-order valence-corrected chi connectivity index (χ0v) is 17.4. The van der Waals surface area contributed by atoms with E-state index in [1.807, 2.05) is 42.5 Å². The van der Waals surface area contributed by atoms with E-state index in [0.717, 1.165) is 14.0 Å². The minimum atomic E-state index is -0.322. The van der Waals surface area contributed by atoms with Crippen LogP contribution in [0.5, 0.6) is 0 Å². The van der Waals surface area contributed by atoms with Crippen molar-refractivity contribution in [2.24, 2.45) is 4.99 Å². The highest BCUT2D eigenvalue weighted by molar-refractivity contribution is 8.18. The second-order valence-electron chi connectivity index (χ2n) is 5.67. The molecule has 3 nitrogen and oxygen atoms in total. The van der Waals surface area contributed by atoms with E-state index in [4.69, 9.17) is 11.6 Å². The molecule has 0 unspecified atom stereocenters. The van der Waals surface area contributed by atoms with Crippen LogP contribution in [0.25, 0.3) is 6.08 Å². The van der Waals surface area contributed by atoms with Crippen LogP contribution in [0.3, 0.4) is 0 Å². The first-order valence-electron chi connectivity index (χ1n) is 8.13. The van der Waals surface area contributed by atoms with Gasteiger partial charge in [-0.2, -0.15) is 0 Å². The van der Waals surface area contributed by atoms with Crippen LogP contribution >= 0.6 is 46.5 Å². The van der Waals surface area contributed by atoms with Gasteiger partial charge in [0, 0.05) is 14.8 Å². The molecule has 1 aliphatic rings. The molecule has 2 heterocycles. The monoisotopic (exact) mass is 446 g/mol. The topological polar surface area (TPSA) is 41.5 Å². The summed E-state index contributed by atoms with van der Waals surface area (Å²) in [6, 6.07) is 17.5. The molecule has 4 rings (SSSR count). The molecule has 0 aliphatic carbocycles. The van der Waals surface area contributed by atoms with Crippen LogP contribution in [0.2, 0.25) is 5.02 Å². The first-order chi connectivity index (χ1) is 13.5. The number of halogens is 2. The fourth-order valence-corrected chi connectivity index (χ4v) is 5.43. The van der Waals surface area contributed by atoms with E-state index in [1.54, 1.807) is 35.2 Å². The predicted molar refractivity (Wildman–Crippen MR) is 117 cm³/mol. The highest BCUT2D eigenvalue weighted by atomic mass is 35.5. The first kappa shape index (κ1) is 19.3. The number of hydrogen-bond donors (Lipinski definition) is 1. The van der Waals surface area contributed by atoms with Gasteiger partial charge in [0.1, 0.15) is 5.82 Å². The molecule has 8 heteroatoms. The van der Waals surface area contributed by atoms with Gasteiger partial charge in [-0.3, -0.25) is 4.79 Å². The quantitative estimate of drug-likeness (QED) is 0.460. The molecule has 1 aliphatic heterocycles. The number of benzene rings is 2. The normalized spacial score (nSPS) is 16.7. The van der Waals surface area contributed by atoms with Crippen LogP contribution in [-0.2, 0) is 4.79 Å². The highest BCUT2D eigenvalue weighted by Gasteiger charge is 2.24. The average molecular weight is 447 g/mol. The van der Waals surface area contributed by atoms with Gasteiger partial charge in [-0.05, 0) is 78.5 Å². The minimum Gasteiger partial charge on any atom is -0.300 e.